The fraction of sp³-hybridized carbons (Fsp3) is 0.286. The third-order valence-corrected chi connectivity index (χ3v) is 2.68. The van der Waals surface area contributed by atoms with Gasteiger partial charge in [-0.3, -0.25) is 4.79 Å². The Hall–Kier alpha value is -2.71. The standard InChI is InChI=1S/C14H12F3NO5/c1-7-6-8(19)4-5-9(7)18-11(14(15,16)17)10(12(20)22-2)13(21)23-3/h4-6H,1-3H3. The summed E-state index contributed by atoms with van der Waals surface area (Å²) < 4.78 is 48.1. The number of aliphatic imine (C=N–C) groups is 1. The number of allylic oxidation sites excluding steroid dienone is 5. The maximum Gasteiger partial charge on any atom is 0.434 e. The summed E-state index contributed by atoms with van der Waals surface area (Å²) in [6.45, 7) is 1.37. The predicted molar refractivity (Wildman–Crippen MR) is 72.5 cm³/mol. The summed E-state index contributed by atoms with van der Waals surface area (Å²) >= 11 is 0. The van der Waals surface area contributed by atoms with Crippen molar-refractivity contribution in [1.82, 2.24) is 0 Å². The van der Waals surface area contributed by atoms with Crippen molar-refractivity contribution in [3.63, 3.8) is 0 Å². The van der Waals surface area contributed by atoms with E-state index in [1.54, 1.807) is 0 Å². The van der Waals surface area contributed by atoms with E-state index in [0.29, 0.717) is 0 Å². The van der Waals surface area contributed by atoms with Crippen molar-refractivity contribution >= 4 is 23.4 Å². The van der Waals surface area contributed by atoms with Gasteiger partial charge >= 0.3 is 18.1 Å². The van der Waals surface area contributed by atoms with Gasteiger partial charge in [0.05, 0.1) is 19.9 Å². The van der Waals surface area contributed by atoms with Gasteiger partial charge in [0.15, 0.2) is 17.1 Å². The normalized spacial score (nSPS) is 16.0. The maximum absolute atomic E-state index is 13.2. The molecule has 6 nitrogen and oxygen atoms in total. The van der Waals surface area contributed by atoms with Crippen molar-refractivity contribution in [2.24, 2.45) is 4.99 Å². The summed E-state index contributed by atoms with van der Waals surface area (Å²) in [6, 6.07) is 0. The minimum atomic E-state index is -5.12. The number of rotatable bonds is 3. The van der Waals surface area contributed by atoms with E-state index in [0.717, 1.165) is 32.4 Å². The molecule has 0 fully saturated rings. The molecule has 0 aromatic heterocycles. The molecule has 1 aliphatic rings. The number of nitrogens with zero attached hydrogens (tertiary/aromatic N) is 1. The number of esters is 2. The Balaban J connectivity index is 3.62. The van der Waals surface area contributed by atoms with E-state index in [1.165, 1.54) is 6.92 Å². The lowest BCUT2D eigenvalue weighted by molar-refractivity contribution is -0.146. The maximum atomic E-state index is 13.2. The van der Waals surface area contributed by atoms with Crippen molar-refractivity contribution in [2.45, 2.75) is 13.1 Å². The minimum absolute atomic E-state index is 0.147. The monoisotopic (exact) mass is 331 g/mol. The second-order valence-electron chi connectivity index (χ2n) is 4.26. The van der Waals surface area contributed by atoms with Gasteiger partial charge in [0.1, 0.15) is 0 Å². The zero-order valence-electron chi connectivity index (χ0n) is 12.4. The molecule has 0 aromatic rings. The third-order valence-electron chi connectivity index (χ3n) is 2.68. The highest BCUT2D eigenvalue weighted by Crippen LogP contribution is 2.31. The summed E-state index contributed by atoms with van der Waals surface area (Å²) in [5.41, 5.74) is -3.22. The van der Waals surface area contributed by atoms with Crippen LogP contribution in [0.25, 0.3) is 0 Å². The van der Waals surface area contributed by atoms with Crippen molar-refractivity contribution in [2.75, 3.05) is 14.2 Å². The molecule has 0 atom stereocenters. The highest BCUT2D eigenvalue weighted by molar-refractivity contribution is 6.20. The SMILES string of the molecule is COC(=O)C(C(=O)OC)=C(N=C1C=CC(=O)C=C1C)C(F)(F)F. The van der Waals surface area contributed by atoms with Crippen LogP contribution in [0.3, 0.4) is 0 Å². The molecule has 0 saturated carbocycles. The van der Waals surface area contributed by atoms with Gasteiger partial charge < -0.3 is 9.47 Å². The van der Waals surface area contributed by atoms with Crippen LogP contribution in [0.5, 0.6) is 0 Å². The van der Waals surface area contributed by atoms with Gasteiger partial charge in [0.2, 0.25) is 0 Å². The lowest BCUT2D eigenvalue weighted by Gasteiger charge is -2.14. The third kappa shape index (κ3) is 4.38. The first-order valence-electron chi connectivity index (χ1n) is 6.09. The molecule has 0 aromatic carbocycles. The number of carbonyl (C=O) groups excluding carboxylic acids is 3. The number of hydrogen-bond acceptors (Lipinski definition) is 6. The number of ether oxygens (including phenoxy) is 2. The average Bonchev–Trinajstić information content (AvgIpc) is 2.46. The summed E-state index contributed by atoms with van der Waals surface area (Å²) in [7, 11) is 1.63. The Morgan fingerprint density at radius 2 is 1.61 bits per heavy atom. The number of ketones is 1. The first-order valence-corrected chi connectivity index (χ1v) is 6.09. The van der Waals surface area contributed by atoms with Crippen LogP contribution in [0.2, 0.25) is 0 Å². The van der Waals surface area contributed by atoms with Crippen LogP contribution in [0.1, 0.15) is 6.92 Å². The molecule has 0 saturated heterocycles. The number of methoxy groups -OCH3 is 2. The molecule has 1 aliphatic carbocycles. The number of carbonyl (C=O) groups is 3. The first-order chi connectivity index (χ1) is 10.6. The van der Waals surface area contributed by atoms with Gasteiger partial charge in [0.25, 0.3) is 0 Å². The van der Waals surface area contributed by atoms with E-state index >= 15 is 0 Å². The zero-order valence-corrected chi connectivity index (χ0v) is 12.4. The second-order valence-corrected chi connectivity index (χ2v) is 4.26. The number of hydrogen-bond donors (Lipinski definition) is 0. The summed E-state index contributed by atoms with van der Waals surface area (Å²) in [4.78, 5) is 37.5. The van der Waals surface area contributed by atoms with E-state index in [2.05, 4.69) is 14.5 Å². The smallest absolute Gasteiger partial charge is 0.434 e. The number of alkyl halides is 3. The van der Waals surface area contributed by atoms with E-state index in [1.807, 2.05) is 0 Å². The molecule has 0 aliphatic heterocycles. The molecule has 9 heteroatoms. The molecule has 0 N–H and O–H groups in total. The highest BCUT2D eigenvalue weighted by Gasteiger charge is 2.42. The summed E-state index contributed by atoms with van der Waals surface area (Å²) in [5.74, 6) is -3.49. The van der Waals surface area contributed by atoms with Crippen LogP contribution in [0.4, 0.5) is 13.2 Å². The van der Waals surface area contributed by atoms with E-state index < -0.39 is 35.2 Å². The van der Waals surface area contributed by atoms with E-state index in [-0.39, 0.29) is 11.3 Å². The van der Waals surface area contributed by atoms with Gasteiger partial charge in [-0.2, -0.15) is 13.2 Å². The van der Waals surface area contributed by atoms with Gasteiger partial charge in [-0.05, 0) is 30.7 Å². The Kier molecular flexibility index (Phi) is 5.61. The first kappa shape index (κ1) is 18.3. The Labute approximate surface area is 129 Å². The second kappa shape index (κ2) is 7.03. The molecule has 124 valence electrons. The average molecular weight is 331 g/mol. The molecule has 0 heterocycles. The lowest BCUT2D eigenvalue weighted by atomic mass is 10.0. The van der Waals surface area contributed by atoms with Crippen LogP contribution >= 0.6 is 0 Å². The van der Waals surface area contributed by atoms with Gasteiger partial charge in [-0.15, -0.1) is 0 Å². The van der Waals surface area contributed by atoms with E-state index in [4.69, 9.17) is 0 Å². The van der Waals surface area contributed by atoms with Crippen molar-refractivity contribution in [3.05, 3.63) is 35.1 Å². The molecule has 0 radical (unpaired) electrons. The molecular formula is C14H12F3NO5. The fourth-order valence-electron chi connectivity index (χ4n) is 1.62. The van der Waals surface area contributed by atoms with Crippen molar-refractivity contribution < 1.29 is 37.0 Å². The molecule has 0 bridgehead atoms. The predicted octanol–water partition coefficient (Wildman–Crippen LogP) is 1.68. The highest BCUT2D eigenvalue weighted by atomic mass is 19.4. The van der Waals surface area contributed by atoms with Crippen LogP contribution in [0, 0.1) is 0 Å². The Morgan fingerprint density at radius 1 is 1.09 bits per heavy atom. The Morgan fingerprint density at radius 3 is 2.00 bits per heavy atom. The fourth-order valence-corrected chi connectivity index (χ4v) is 1.62. The molecule has 23 heavy (non-hydrogen) atoms. The van der Waals surface area contributed by atoms with Crippen LogP contribution in [0.15, 0.2) is 40.1 Å². The Bertz CT molecular complexity index is 650. The zero-order chi connectivity index (χ0) is 17.8. The summed E-state index contributed by atoms with van der Waals surface area (Å²) in [5, 5.41) is 0. The van der Waals surface area contributed by atoms with E-state index in [9.17, 15) is 27.6 Å². The van der Waals surface area contributed by atoms with Gasteiger partial charge in [-0.25, -0.2) is 14.6 Å². The van der Waals surface area contributed by atoms with Crippen LogP contribution in [-0.4, -0.2) is 43.8 Å². The molecule has 0 spiro atoms. The van der Waals surface area contributed by atoms with Crippen molar-refractivity contribution in [1.29, 1.82) is 0 Å². The van der Waals surface area contributed by atoms with Gasteiger partial charge in [-0.1, -0.05) is 0 Å². The number of halogens is 3. The largest absolute Gasteiger partial charge is 0.465 e. The molecule has 0 unspecified atom stereocenters. The lowest BCUT2D eigenvalue weighted by Crippen LogP contribution is -2.25. The van der Waals surface area contributed by atoms with Crippen LogP contribution < -0.4 is 0 Å². The van der Waals surface area contributed by atoms with Crippen molar-refractivity contribution in [3.8, 4) is 0 Å². The van der Waals surface area contributed by atoms with Gasteiger partial charge in [0, 0.05) is 0 Å². The topological polar surface area (TPSA) is 82.0 Å². The molecule has 0 amide bonds. The minimum Gasteiger partial charge on any atom is -0.465 e. The molecular weight excluding hydrogens is 319 g/mol. The van der Waals surface area contributed by atoms with Crippen LogP contribution in [-0.2, 0) is 23.9 Å². The molecule has 1 rings (SSSR count). The quantitative estimate of drug-likeness (QED) is 0.258. The summed E-state index contributed by atoms with van der Waals surface area (Å²) in [6.07, 6.45) is -1.99.